The average molecular weight is 402 g/mol. The number of carbonyl (C=O) groups excluding carboxylic acids is 2. The zero-order valence-electron chi connectivity index (χ0n) is 18.0. The summed E-state index contributed by atoms with van der Waals surface area (Å²) in [7, 11) is 0. The third kappa shape index (κ3) is 5.93. The molecule has 160 valence electrons. The van der Waals surface area contributed by atoms with Gasteiger partial charge in [-0.1, -0.05) is 13.0 Å². The summed E-state index contributed by atoms with van der Waals surface area (Å²) in [5.74, 6) is 0.0600. The van der Waals surface area contributed by atoms with Gasteiger partial charge in [-0.3, -0.25) is 4.79 Å². The van der Waals surface area contributed by atoms with E-state index in [0.717, 1.165) is 51.4 Å². The summed E-state index contributed by atoms with van der Waals surface area (Å²) in [6.07, 6.45) is 1.29. The molecule has 3 rings (SSSR count). The second-order valence-corrected chi connectivity index (χ2v) is 8.20. The van der Waals surface area contributed by atoms with Gasteiger partial charge in [0, 0.05) is 51.4 Å². The van der Waals surface area contributed by atoms with Crippen molar-refractivity contribution < 1.29 is 9.59 Å². The van der Waals surface area contributed by atoms with Crippen LogP contribution in [0.25, 0.3) is 0 Å². The minimum atomic E-state index is -0.180. The Morgan fingerprint density at radius 1 is 1.10 bits per heavy atom. The van der Waals surface area contributed by atoms with Gasteiger partial charge in [-0.15, -0.1) is 0 Å². The molecule has 0 unspecified atom stereocenters. The molecule has 1 aromatic rings. The molecule has 2 heterocycles. The van der Waals surface area contributed by atoms with Gasteiger partial charge in [0.05, 0.1) is 6.04 Å². The highest BCUT2D eigenvalue weighted by Gasteiger charge is 2.31. The molecule has 29 heavy (non-hydrogen) atoms. The smallest absolute Gasteiger partial charge is 0.315 e. The number of urea groups is 1. The van der Waals surface area contributed by atoms with Crippen LogP contribution < -0.4 is 15.5 Å². The maximum Gasteiger partial charge on any atom is 0.315 e. The van der Waals surface area contributed by atoms with Crippen LogP contribution in [0.4, 0.5) is 10.5 Å². The number of rotatable bonds is 7. The van der Waals surface area contributed by atoms with Gasteiger partial charge >= 0.3 is 6.03 Å². The van der Waals surface area contributed by atoms with Crippen LogP contribution in [0.2, 0.25) is 0 Å². The number of hydrogen-bond acceptors (Lipinski definition) is 4. The van der Waals surface area contributed by atoms with E-state index in [1.165, 1.54) is 11.1 Å². The molecule has 0 aromatic heterocycles. The number of hydrogen-bond donors (Lipinski definition) is 2. The first kappa shape index (κ1) is 21.6. The molecule has 0 radical (unpaired) electrons. The highest BCUT2D eigenvalue weighted by Crippen LogP contribution is 2.24. The zero-order chi connectivity index (χ0) is 20.8. The molecule has 0 bridgehead atoms. The number of piperazine rings is 1. The number of nitrogens with one attached hydrogen (secondary N) is 2. The van der Waals surface area contributed by atoms with E-state index in [1.807, 2.05) is 25.1 Å². The van der Waals surface area contributed by atoms with Gasteiger partial charge in [0.15, 0.2) is 0 Å². The van der Waals surface area contributed by atoms with E-state index in [1.54, 1.807) is 4.90 Å². The highest BCUT2D eigenvalue weighted by atomic mass is 16.2. The number of likely N-dealkylation sites (N-methyl/N-ethyl adjacent to an activating group) is 1. The monoisotopic (exact) mass is 401 g/mol. The minimum Gasteiger partial charge on any atom is -0.338 e. The van der Waals surface area contributed by atoms with Gasteiger partial charge in [-0.25, -0.2) is 4.79 Å². The fourth-order valence-electron chi connectivity index (χ4n) is 4.02. The lowest BCUT2D eigenvalue weighted by Crippen LogP contribution is -2.47. The van der Waals surface area contributed by atoms with Crippen LogP contribution in [0.3, 0.4) is 0 Å². The number of aryl methyl sites for hydroxylation is 2. The molecule has 3 amide bonds. The first-order valence-corrected chi connectivity index (χ1v) is 10.8. The van der Waals surface area contributed by atoms with Gasteiger partial charge in [-0.05, 0) is 56.6 Å². The Balaban J connectivity index is 1.35. The predicted octanol–water partition coefficient (Wildman–Crippen LogP) is 1.74. The Morgan fingerprint density at radius 3 is 2.52 bits per heavy atom. The van der Waals surface area contributed by atoms with E-state index >= 15 is 0 Å². The first-order chi connectivity index (χ1) is 14.0. The van der Waals surface area contributed by atoms with E-state index in [4.69, 9.17) is 0 Å². The Morgan fingerprint density at radius 2 is 1.83 bits per heavy atom. The lowest BCUT2D eigenvalue weighted by Gasteiger charge is -2.33. The second kappa shape index (κ2) is 10.1. The van der Waals surface area contributed by atoms with Gasteiger partial charge in [0.2, 0.25) is 5.91 Å². The minimum absolute atomic E-state index is 0.0600. The highest BCUT2D eigenvalue weighted by molar-refractivity contribution is 5.96. The van der Waals surface area contributed by atoms with Crippen LogP contribution >= 0.6 is 0 Å². The van der Waals surface area contributed by atoms with Crippen LogP contribution in [0.1, 0.15) is 30.9 Å². The Labute approximate surface area is 174 Å². The lowest BCUT2D eigenvalue weighted by atomic mass is 10.1. The molecule has 1 atom stereocenters. The van der Waals surface area contributed by atoms with Crippen molar-refractivity contribution in [1.29, 1.82) is 0 Å². The standard InChI is InChI=1S/C22H35N5O2/c1-4-25-10-12-26(13-11-25)9-5-8-23-22(29)24-19-15-21(28)27(16-19)20-7-6-17(2)18(3)14-20/h6-7,14,19H,4-5,8-13,15-16H2,1-3H3,(H2,23,24,29)/t19-/m0/s1. The molecule has 2 aliphatic heterocycles. The van der Waals surface area contributed by atoms with Crippen molar-refractivity contribution in [3.8, 4) is 0 Å². The number of anilines is 1. The summed E-state index contributed by atoms with van der Waals surface area (Å²) in [4.78, 5) is 31.3. The molecule has 0 saturated carbocycles. The van der Waals surface area contributed by atoms with E-state index in [2.05, 4.69) is 34.3 Å². The molecule has 1 aromatic carbocycles. The van der Waals surface area contributed by atoms with Gasteiger partial charge in [0.25, 0.3) is 0 Å². The van der Waals surface area contributed by atoms with Crippen LogP contribution in [0.15, 0.2) is 18.2 Å². The fraction of sp³-hybridized carbons (Fsp3) is 0.636. The summed E-state index contributed by atoms with van der Waals surface area (Å²) >= 11 is 0. The molecule has 2 aliphatic rings. The fourth-order valence-corrected chi connectivity index (χ4v) is 4.02. The molecule has 2 fully saturated rings. The average Bonchev–Trinajstić information content (AvgIpc) is 3.07. The second-order valence-electron chi connectivity index (χ2n) is 8.20. The van der Waals surface area contributed by atoms with Crippen LogP contribution in [0, 0.1) is 13.8 Å². The normalized spacial score (nSPS) is 20.9. The number of amides is 3. The number of carbonyl (C=O) groups is 2. The van der Waals surface area contributed by atoms with Crippen molar-refractivity contribution in [3.63, 3.8) is 0 Å². The van der Waals surface area contributed by atoms with E-state index in [0.29, 0.717) is 19.5 Å². The quantitative estimate of drug-likeness (QED) is 0.683. The Hall–Kier alpha value is -2.12. The van der Waals surface area contributed by atoms with Crippen molar-refractivity contribution in [2.24, 2.45) is 0 Å². The summed E-state index contributed by atoms with van der Waals surface area (Å²) in [5, 5.41) is 5.89. The largest absolute Gasteiger partial charge is 0.338 e. The molecule has 2 saturated heterocycles. The zero-order valence-corrected chi connectivity index (χ0v) is 18.0. The molecule has 7 heteroatoms. The van der Waals surface area contributed by atoms with Crippen molar-refractivity contribution in [2.45, 2.75) is 39.7 Å². The summed E-state index contributed by atoms with van der Waals surface area (Å²) < 4.78 is 0. The van der Waals surface area contributed by atoms with Gasteiger partial charge < -0.3 is 25.3 Å². The number of nitrogens with zero attached hydrogens (tertiary/aromatic N) is 3. The third-order valence-electron chi connectivity index (χ3n) is 6.11. The van der Waals surface area contributed by atoms with E-state index in [-0.39, 0.29) is 18.0 Å². The van der Waals surface area contributed by atoms with E-state index in [9.17, 15) is 9.59 Å². The molecule has 7 nitrogen and oxygen atoms in total. The van der Waals surface area contributed by atoms with Crippen LogP contribution in [0.5, 0.6) is 0 Å². The van der Waals surface area contributed by atoms with Crippen molar-refractivity contribution in [3.05, 3.63) is 29.3 Å². The third-order valence-corrected chi connectivity index (χ3v) is 6.11. The van der Waals surface area contributed by atoms with Crippen LogP contribution in [-0.2, 0) is 4.79 Å². The lowest BCUT2D eigenvalue weighted by molar-refractivity contribution is -0.117. The summed E-state index contributed by atoms with van der Waals surface area (Å²) in [6.45, 7) is 14.1. The van der Waals surface area contributed by atoms with Crippen molar-refractivity contribution >= 4 is 17.6 Å². The summed E-state index contributed by atoms with van der Waals surface area (Å²) in [6, 6.07) is 5.72. The van der Waals surface area contributed by atoms with Crippen molar-refractivity contribution in [2.75, 3.05) is 57.3 Å². The molecule has 0 spiro atoms. The molecular weight excluding hydrogens is 366 g/mol. The summed E-state index contributed by atoms with van der Waals surface area (Å²) in [5.41, 5.74) is 3.29. The maximum absolute atomic E-state index is 12.4. The van der Waals surface area contributed by atoms with Crippen molar-refractivity contribution in [1.82, 2.24) is 20.4 Å². The Bertz CT molecular complexity index is 715. The molecular formula is C22H35N5O2. The predicted molar refractivity (Wildman–Crippen MR) is 116 cm³/mol. The first-order valence-electron chi connectivity index (χ1n) is 10.8. The molecule has 2 N–H and O–H groups in total. The molecule has 0 aliphatic carbocycles. The topological polar surface area (TPSA) is 67.9 Å². The number of benzene rings is 1. The van der Waals surface area contributed by atoms with Gasteiger partial charge in [0.1, 0.15) is 0 Å². The SMILES string of the molecule is CCN1CCN(CCCNC(=O)N[C@H]2CC(=O)N(c3ccc(C)c(C)c3)C2)CC1. The van der Waals surface area contributed by atoms with Crippen LogP contribution in [-0.4, -0.2) is 80.1 Å². The maximum atomic E-state index is 12.4. The van der Waals surface area contributed by atoms with Gasteiger partial charge in [-0.2, -0.15) is 0 Å². The Kier molecular flexibility index (Phi) is 7.50. The van der Waals surface area contributed by atoms with E-state index < -0.39 is 0 Å².